The first-order valence-electron chi connectivity index (χ1n) is 9.97. The number of hydrogen-bond acceptors (Lipinski definition) is 6. The van der Waals surface area contributed by atoms with E-state index in [0.29, 0.717) is 49.3 Å². The van der Waals surface area contributed by atoms with Gasteiger partial charge in [-0.1, -0.05) is 6.92 Å². The van der Waals surface area contributed by atoms with Crippen LogP contribution in [0.4, 0.5) is 5.69 Å². The third-order valence-electron chi connectivity index (χ3n) is 5.08. The zero-order valence-electron chi connectivity index (χ0n) is 17.1. The predicted molar refractivity (Wildman–Crippen MR) is 112 cm³/mol. The summed E-state index contributed by atoms with van der Waals surface area (Å²) in [6.07, 6.45) is 4.80. The van der Waals surface area contributed by atoms with Crippen LogP contribution in [0.15, 0.2) is 54.5 Å². The Morgan fingerprint density at radius 3 is 2.27 bits per heavy atom. The van der Waals surface area contributed by atoms with Gasteiger partial charge >= 0.3 is 0 Å². The molecule has 1 aliphatic heterocycles. The highest BCUT2D eigenvalue weighted by molar-refractivity contribution is 6.35. The van der Waals surface area contributed by atoms with Gasteiger partial charge in [0.1, 0.15) is 5.70 Å². The van der Waals surface area contributed by atoms with Gasteiger partial charge < -0.3 is 4.90 Å². The van der Waals surface area contributed by atoms with E-state index < -0.39 is 4.92 Å². The molecule has 2 aromatic rings. The van der Waals surface area contributed by atoms with Gasteiger partial charge in [-0.15, -0.1) is 0 Å². The Morgan fingerprint density at radius 2 is 1.70 bits per heavy atom. The number of nitro groups is 1. The Kier molecular flexibility index (Phi) is 6.56. The minimum Gasteiger partial charge on any atom is -0.366 e. The summed E-state index contributed by atoms with van der Waals surface area (Å²) < 4.78 is 0. The molecule has 2 amide bonds. The van der Waals surface area contributed by atoms with Gasteiger partial charge in [0.15, 0.2) is 0 Å². The number of nitrogens with zero attached hydrogens (tertiary/aromatic N) is 4. The van der Waals surface area contributed by atoms with E-state index in [1.807, 2.05) is 30.9 Å². The van der Waals surface area contributed by atoms with Crippen LogP contribution in [0, 0.1) is 10.1 Å². The normalized spacial score (nSPS) is 13.9. The Bertz CT molecular complexity index is 970. The lowest BCUT2D eigenvalue weighted by Gasteiger charge is -2.24. The van der Waals surface area contributed by atoms with Crippen LogP contribution in [0.5, 0.6) is 0 Å². The fourth-order valence-corrected chi connectivity index (χ4v) is 3.53. The van der Waals surface area contributed by atoms with Crippen molar-refractivity contribution in [3.63, 3.8) is 0 Å². The van der Waals surface area contributed by atoms with Crippen molar-refractivity contribution in [1.29, 1.82) is 0 Å². The second-order valence-electron chi connectivity index (χ2n) is 6.97. The molecule has 0 fully saturated rings. The van der Waals surface area contributed by atoms with Crippen molar-refractivity contribution in [3.05, 3.63) is 75.7 Å². The third kappa shape index (κ3) is 4.22. The summed E-state index contributed by atoms with van der Waals surface area (Å²) in [6.45, 7) is 5.29. The molecule has 0 N–H and O–H groups in total. The number of nitro benzene ring substituents is 1. The van der Waals surface area contributed by atoms with Crippen molar-refractivity contribution in [2.24, 2.45) is 0 Å². The summed E-state index contributed by atoms with van der Waals surface area (Å²) in [5.41, 5.74) is 2.20. The van der Waals surface area contributed by atoms with Crippen molar-refractivity contribution in [1.82, 2.24) is 14.8 Å². The quantitative estimate of drug-likeness (QED) is 0.359. The molecule has 0 aliphatic carbocycles. The Hall–Kier alpha value is -3.55. The number of aromatic nitrogens is 1. The van der Waals surface area contributed by atoms with Gasteiger partial charge in [-0.3, -0.25) is 29.6 Å². The SMILES string of the molecule is CCCN1C(=O)C(c2ccc([N+](=O)[O-])cc2)=C(N(CC)CCc2ccncc2)C1=O. The summed E-state index contributed by atoms with van der Waals surface area (Å²) in [5, 5.41) is 11.0. The maximum absolute atomic E-state index is 13.2. The lowest BCUT2D eigenvalue weighted by molar-refractivity contribution is -0.384. The van der Waals surface area contributed by atoms with Crippen LogP contribution < -0.4 is 0 Å². The predicted octanol–water partition coefficient (Wildman–Crippen LogP) is 3.04. The molecule has 8 heteroatoms. The Morgan fingerprint density at radius 1 is 1.03 bits per heavy atom. The molecule has 0 radical (unpaired) electrons. The standard InChI is InChI=1S/C22H24N4O4/c1-3-14-25-21(27)19(17-5-7-18(8-6-17)26(29)30)20(22(25)28)24(4-2)15-11-16-9-12-23-13-10-16/h5-10,12-13H,3-4,11,14-15H2,1-2H3. The molecular formula is C22H24N4O4. The van der Waals surface area contributed by atoms with E-state index in [1.165, 1.54) is 29.2 Å². The van der Waals surface area contributed by atoms with E-state index in [-0.39, 0.29) is 17.5 Å². The number of carbonyl (C=O) groups excluding carboxylic acids is 2. The summed E-state index contributed by atoms with van der Waals surface area (Å²) in [7, 11) is 0. The zero-order chi connectivity index (χ0) is 21.7. The van der Waals surface area contributed by atoms with Crippen LogP contribution in [0.2, 0.25) is 0 Å². The summed E-state index contributed by atoms with van der Waals surface area (Å²) >= 11 is 0. The monoisotopic (exact) mass is 408 g/mol. The first-order valence-corrected chi connectivity index (χ1v) is 9.97. The van der Waals surface area contributed by atoms with Gasteiger partial charge in [0, 0.05) is 44.2 Å². The first kappa shape index (κ1) is 21.2. The highest BCUT2D eigenvalue weighted by Crippen LogP contribution is 2.32. The van der Waals surface area contributed by atoms with Crippen molar-refractivity contribution >= 4 is 23.1 Å². The number of pyridine rings is 1. The van der Waals surface area contributed by atoms with E-state index in [0.717, 1.165) is 5.56 Å². The minimum absolute atomic E-state index is 0.0619. The molecule has 1 aromatic heterocycles. The van der Waals surface area contributed by atoms with E-state index in [2.05, 4.69) is 4.98 Å². The van der Waals surface area contributed by atoms with E-state index in [1.54, 1.807) is 12.4 Å². The summed E-state index contributed by atoms with van der Waals surface area (Å²) in [6, 6.07) is 9.62. The second-order valence-corrected chi connectivity index (χ2v) is 6.97. The molecule has 0 spiro atoms. The molecule has 0 saturated heterocycles. The average molecular weight is 408 g/mol. The van der Waals surface area contributed by atoms with Crippen molar-refractivity contribution in [2.75, 3.05) is 19.6 Å². The molecule has 2 heterocycles. The number of benzene rings is 1. The van der Waals surface area contributed by atoms with Gasteiger partial charge in [-0.25, -0.2) is 0 Å². The fraction of sp³-hybridized carbons (Fsp3) is 0.318. The zero-order valence-corrected chi connectivity index (χ0v) is 17.1. The lowest BCUT2D eigenvalue weighted by atomic mass is 10.0. The van der Waals surface area contributed by atoms with E-state index in [4.69, 9.17) is 0 Å². The van der Waals surface area contributed by atoms with Crippen LogP contribution in [-0.4, -0.2) is 51.2 Å². The van der Waals surface area contributed by atoms with Crippen LogP contribution in [-0.2, 0) is 16.0 Å². The van der Waals surface area contributed by atoms with E-state index in [9.17, 15) is 19.7 Å². The van der Waals surface area contributed by atoms with Gasteiger partial charge in [0.25, 0.3) is 17.5 Å². The van der Waals surface area contributed by atoms with Gasteiger partial charge in [0.2, 0.25) is 0 Å². The second kappa shape index (κ2) is 9.30. The van der Waals surface area contributed by atoms with Crippen molar-refractivity contribution in [2.45, 2.75) is 26.7 Å². The molecule has 1 aromatic carbocycles. The molecule has 30 heavy (non-hydrogen) atoms. The molecule has 0 unspecified atom stereocenters. The van der Waals surface area contributed by atoms with Gasteiger partial charge in [0.05, 0.1) is 10.5 Å². The number of likely N-dealkylation sites (N-methyl/N-ethyl adjacent to an activating group) is 1. The number of amides is 2. The highest BCUT2D eigenvalue weighted by atomic mass is 16.6. The lowest BCUT2D eigenvalue weighted by Crippen LogP contribution is -2.36. The number of non-ortho nitro benzene ring substituents is 1. The van der Waals surface area contributed by atoms with Gasteiger partial charge in [-0.2, -0.15) is 0 Å². The van der Waals surface area contributed by atoms with E-state index >= 15 is 0 Å². The average Bonchev–Trinajstić information content (AvgIpc) is 3.00. The molecule has 0 bridgehead atoms. The summed E-state index contributed by atoms with van der Waals surface area (Å²) in [4.78, 5) is 44.0. The number of imide groups is 1. The highest BCUT2D eigenvalue weighted by Gasteiger charge is 2.40. The minimum atomic E-state index is -0.489. The third-order valence-corrected chi connectivity index (χ3v) is 5.08. The van der Waals surface area contributed by atoms with Gasteiger partial charge in [-0.05, 0) is 55.2 Å². The van der Waals surface area contributed by atoms with Crippen LogP contribution in [0.1, 0.15) is 31.4 Å². The summed E-state index contributed by atoms with van der Waals surface area (Å²) in [5.74, 6) is -0.667. The topological polar surface area (TPSA) is 96.7 Å². The van der Waals surface area contributed by atoms with Crippen LogP contribution >= 0.6 is 0 Å². The number of rotatable bonds is 9. The molecule has 1 aliphatic rings. The molecule has 0 atom stereocenters. The van der Waals surface area contributed by atoms with Crippen molar-refractivity contribution in [3.8, 4) is 0 Å². The van der Waals surface area contributed by atoms with Crippen LogP contribution in [0.3, 0.4) is 0 Å². The molecule has 3 rings (SSSR count). The smallest absolute Gasteiger partial charge is 0.277 e. The number of hydrogen-bond donors (Lipinski definition) is 0. The molecule has 8 nitrogen and oxygen atoms in total. The maximum atomic E-state index is 13.2. The molecule has 156 valence electrons. The maximum Gasteiger partial charge on any atom is 0.277 e. The Labute approximate surface area is 175 Å². The van der Waals surface area contributed by atoms with Crippen molar-refractivity contribution < 1.29 is 14.5 Å². The fourth-order valence-electron chi connectivity index (χ4n) is 3.53. The van der Waals surface area contributed by atoms with Crippen LogP contribution in [0.25, 0.3) is 5.57 Å². The number of carbonyl (C=O) groups is 2. The molecular weight excluding hydrogens is 384 g/mol. The first-order chi connectivity index (χ1) is 14.5. The molecule has 0 saturated carbocycles. The largest absolute Gasteiger partial charge is 0.366 e. The Balaban J connectivity index is 1.99.